The molecule has 10 heteroatoms. The number of anilines is 3. The molecule has 4 aromatic rings. The maximum Gasteiger partial charge on any atom is 0.248 e. The van der Waals surface area contributed by atoms with Crippen molar-refractivity contribution in [2.45, 2.75) is 13.0 Å². The monoisotopic (exact) mass is 475 g/mol. The normalized spacial score (nSPS) is 16.1. The Balaban J connectivity index is 1.30. The van der Waals surface area contributed by atoms with Crippen molar-refractivity contribution < 1.29 is 9.53 Å². The number of carbonyl (C=O) groups excluding carboxylic acids is 1. The van der Waals surface area contributed by atoms with Crippen molar-refractivity contribution in [2.24, 2.45) is 0 Å². The van der Waals surface area contributed by atoms with Crippen molar-refractivity contribution in [3.8, 4) is 11.3 Å². The predicted molar refractivity (Wildman–Crippen MR) is 133 cm³/mol. The summed E-state index contributed by atoms with van der Waals surface area (Å²) in [5.74, 6) is 0.750. The van der Waals surface area contributed by atoms with E-state index in [4.69, 9.17) is 9.72 Å². The van der Waals surface area contributed by atoms with Gasteiger partial charge in [0.05, 0.1) is 5.69 Å². The van der Waals surface area contributed by atoms with Gasteiger partial charge in [-0.15, -0.1) is 0 Å². The minimum Gasteiger partial charge on any atom is -0.375 e. The van der Waals surface area contributed by atoms with Crippen LogP contribution in [-0.4, -0.2) is 70.1 Å². The second kappa shape index (κ2) is 9.70. The van der Waals surface area contributed by atoms with Crippen LogP contribution in [0.2, 0.25) is 0 Å². The van der Waals surface area contributed by atoms with Crippen molar-refractivity contribution in [2.75, 3.05) is 43.6 Å². The highest BCUT2D eigenvalue weighted by Crippen LogP contribution is 2.30. The van der Waals surface area contributed by atoms with Crippen molar-refractivity contribution in [1.29, 1.82) is 0 Å². The fourth-order valence-electron chi connectivity index (χ4n) is 4.12. The smallest absolute Gasteiger partial charge is 0.248 e. The molecular weight excluding hydrogens is 450 g/mol. The van der Waals surface area contributed by atoms with Gasteiger partial charge in [-0.1, -0.05) is 11.3 Å². The number of fused-ring (bicyclic) bond motifs is 1. The lowest BCUT2D eigenvalue weighted by molar-refractivity contribution is -0.137. The highest BCUT2D eigenvalue weighted by atomic mass is 32.1. The highest BCUT2D eigenvalue weighted by Gasteiger charge is 2.27. The zero-order valence-corrected chi connectivity index (χ0v) is 19.8. The number of nitrogens with zero attached hydrogens (tertiary/aromatic N) is 6. The summed E-state index contributed by atoms with van der Waals surface area (Å²) in [5.41, 5.74) is 3.81. The Hall–Kier alpha value is -3.63. The topological polar surface area (TPSA) is 96.4 Å². The first-order valence-electron chi connectivity index (χ1n) is 11.0. The molecule has 0 spiro atoms. The van der Waals surface area contributed by atoms with E-state index in [9.17, 15) is 4.79 Å². The van der Waals surface area contributed by atoms with E-state index in [1.54, 1.807) is 25.7 Å². The number of aromatic nitrogens is 4. The molecule has 0 bridgehead atoms. The van der Waals surface area contributed by atoms with E-state index in [1.165, 1.54) is 11.3 Å². The minimum atomic E-state index is 0.0308. The first-order chi connectivity index (χ1) is 16.6. The minimum absolute atomic E-state index is 0.0308. The summed E-state index contributed by atoms with van der Waals surface area (Å²) in [6.45, 7) is 4.36. The van der Waals surface area contributed by atoms with Crippen LogP contribution < -0.4 is 10.2 Å². The molecule has 1 N–H and O–H groups in total. The Bertz CT molecular complexity index is 1300. The number of hydrogen-bond acceptors (Lipinski definition) is 9. The van der Waals surface area contributed by atoms with Gasteiger partial charge in [-0.3, -0.25) is 9.78 Å². The molecule has 5 rings (SSSR count). The summed E-state index contributed by atoms with van der Waals surface area (Å²) in [6, 6.07) is 11.9. The standard InChI is InChI=1S/C24H25N7O2S/c1-16-14-30(11-12-31(16)22(32)15-33-2)18-7-10-26-21(13-18)29-24-28-20-4-3-19(27-23(20)34-24)17-5-8-25-9-6-17/h3-10,13,16H,11-12,14-15H2,1-2H3,(H,26,28,29). The third-order valence-corrected chi connectivity index (χ3v) is 6.67. The number of nitrogens with one attached hydrogen (secondary N) is 1. The summed E-state index contributed by atoms with van der Waals surface area (Å²) in [7, 11) is 1.55. The Kier molecular flexibility index (Phi) is 6.33. The lowest BCUT2D eigenvalue weighted by Crippen LogP contribution is -2.54. The zero-order valence-electron chi connectivity index (χ0n) is 19.0. The number of piperazine rings is 1. The van der Waals surface area contributed by atoms with Gasteiger partial charge >= 0.3 is 0 Å². The summed E-state index contributed by atoms with van der Waals surface area (Å²) in [6.07, 6.45) is 5.31. The van der Waals surface area contributed by atoms with E-state index in [2.05, 4.69) is 32.1 Å². The Labute approximate surface area is 201 Å². The van der Waals surface area contributed by atoms with Crippen LogP contribution in [0, 0.1) is 0 Å². The van der Waals surface area contributed by atoms with Crippen molar-refractivity contribution in [1.82, 2.24) is 24.8 Å². The van der Waals surface area contributed by atoms with E-state index in [-0.39, 0.29) is 18.6 Å². The molecule has 1 atom stereocenters. The molecule has 1 unspecified atom stereocenters. The Morgan fingerprint density at radius 3 is 2.79 bits per heavy atom. The summed E-state index contributed by atoms with van der Waals surface area (Å²) in [5, 5.41) is 4.06. The molecule has 1 saturated heterocycles. The molecule has 174 valence electrons. The molecule has 1 aliphatic heterocycles. The fraction of sp³-hybridized carbons (Fsp3) is 0.292. The first-order valence-corrected chi connectivity index (χ1v) is 11.9. The maximum atomic E-state index is 12.2. The number of amides is 1. The molecule has 5 heterocycles. The third kappa shape index (κ3) is 4.68. The van der Waals surface area contributed by atoms with Gasteiger partial charge in [0, 0.05) is 68.7 Å². The van der Waals surface area contributed by atoms with E-state index >= 15 is 0 Å². The number of thiazole rings is 1. The van der Waals surface area contributed by atoms with Crippen molar-refractivity contribution in [3.05, 3.63) is 55.0 Å². The number of rotatable bonds is 6. The second-order valence-electron chi connectivity index (χ2n) is 8.12. The molecule has 1 fully saturated rings. The number of hydrogen-bond donors (Lipinski definition) is 1. The molecule has 0 aromatic carbocycles. The second-order valence-corrected chi connectivity index (χ2v) is 9.09. The van der Waals surface area contributed by atoms with Crippen LogP contribution >= 0.6 is 11.3 Å². The Morgan fingerprint density at radius 1 is 1.15 bits per heavy atom. The van der Waals surface area contributed by atoms with Crippen LogP contribution in [0.1, 0.15) is 6.92 Å². The summed E-state index contributed by atoms with van der Waals surface area (Å²) < 4.78 is 5.01. The Morgan fingerprint density at radius 2 is 2.00 bits per heavy atom. The van der Waals surface area contributed by atoms with E-state index < -0.39 is 0 Å². The lowest BCUT2D eigenvalue weighted by Gasteiger charge is -2.41. The summed E-state index contributed by atoms with van der Waals surface area (Å²) in [4.78, 5) is 35.2. The van der Waals surface area contributed by atoms with Gasteiger partial charge in [0.1, 0.15) is 22.8 Å². The molecule has 1 aliphatic rings. The van der Waals surface area contributed by atoms with Crippen LogP contribution in [0.3, 0.4) is 0 Å². The molecular formula is C24H25N7O2S. The molecule has 0 aliphatic carbocycles. The van der Waals surface area contributed by atoms with Crippen LogP contribution in [0.5, 0.6) is 0 Å². The number of methoxy groups -OCH3 is 1. The van der Waals surface area contributed by atoms with Gasteiger partial charge in [-0.05, 0) is 37.3 Å². The largest absolute Gasteiger partial charge is 0.375 e. The molecule has 0 saturated carbocycles. The van der Waals surface area contributed by atoms with E-state index in [0.29, 0.717) is 6.54 Å². The highest BCUT2D eigenvalue weighted by molar-refractivity contribution is 7.21. The SMILES string of the molecule is COCC(=O)N1CCN(c2ccnc(Nc3nc4ccc(-c5ccncc5)nc4s3)c2)CC1C. The fourth-order valence-corrected chi connectivity index (χ4v) is 4.96. The quantitative estimate of drug-likeness (QED) is 0.452. The van der Waals surface area contributed by atoms with E-state index in [1.807, 2.05) is 41.3 Å². The van der Waals surface area contributed by atoms with Crippen molar-refractivity contribution in [3.63, 3.8) is 0 Å². The number of pyridine rings is 3. The van der Waals surface area contributed by atoms with Crippen molar-refractivity contribution >= 4 is 44.2 Å². The lowest BCUT2D eigenvalue weighted by atomic mass is 10.1. The molecule has 34 heavy (non-hydrogen) atoms. The van der Waals surface area contributed by atoms with Gasteiger partial charge in [0.25, 0.3) is 0 Å². The average Bonchev–Trinajstić information content (AvgIpc) is 3.26. The molecule has 4 aromatic heterocycles. The third-order valence-electron chi connectivity index (χ3n) is 5.79. The predicted octanol–water partition coefficient (Wildman–Crippen LogP) is 3.58. The van der Waals surface area contributed by atoms with Crippen LogP contribution in [0.25, 0.3) is 21.6 Å². The molecule has 9 nitrogen and oxygen atoms in total. The maximum absolute atomic E-state index is 12.2. The van der Waals surface area contributed by atoms with Gasteiger partial charge in [0.15, 0.2) is 5.13 Å². The van der Waals surface area contributed by atoms with Gasteiger partial charge in [0.2, 0.25) is 5.91 Å². The number of ether oxygens (including phenoxy) is 1. The summed E-state index contributed by atoms with van der Waals surface area (Å²) >= 11 is 1.49. The van der Waals surface area contributed by atoms with Gasteiger partial charge in [-0.2, -0.15) is 0 Å². The van der Waals surface area contributed by atoms with Crippen LogP contribution in [0.4, 0.5) is 16.6 Å². The molecule has 1 amide bonds. The number of carbonyl (C=O) groups is 1. The molecule has 0 radical (unpaired) electrons. The zero-order chi connectivity index (χ0) is 23.5. The van der Waals surface area contributed by atoms with Gasteiger partial charge in [-0.25, -0.2) is 15.0 Å². The van der Waals surface area contributed by atoms with Crippen LogP contribution in [0.15, 0.2) is 55.0 Å². The first kappa shape index (κ1) is 22.2. The van der Waals surface area contributed by atoms with Crippen LogP contribution in [-0.2, 0) is 9.53 Å². The van der Waals surface area contributed by atoms with E-state index in [0.717, 1.165) is 51.3 Å². The average molecular weight is 476 g/mol. The van der Waals surface area contributed by atoms with Gasteiger partial charge < -0.3 is 19.9 Å².